The van der Waals surface area contributed by atoms with E-state index in [1.807, 2.05) is 39.0 Å². The van der Waals surface area contributed by atoms with E-state index in [0.29, 0.717) is 19.5 Å². The van der Waals surface area contributed by atoms with Crippen LogP contribution in [0.3, 0.4) is 0 Å². The molecule has 2 aromatic rings. The van der Waals surface area contributed by atoms with Crippen LogP contribution < -0.4 is 10.6 Å². The van der Waals surface area contributed by atoms with Crippen LogP contribution in [0.2, 0.25) is 0 Å². The van der Waals surface area contributed by atoms with Gasteiger partial charge < -0.3 is 25.4 Å². The van der Waals surface area contributed by atoms with Gasteiger partial charge in [0, 0.05) is 19.5 Å². The molecule has 2 rings (SSSR count). The van der Waals surface area contributed by atoms with Crippen LogP contribution in [0.25, 0.3) is 0 Å². The van der Waals surface area contributed by atoms with Gasteiger partial charge in [-0.05, 0) is 81.8 Å². The van der Waals surface area contributed by atoms with Crippen molar-refractivity contribution in [2.45, 2.75) is 105 Å². The van der Waals surface area contributed by atoms with Crippen molar-refractivity contribution in [2.24, 2.45) is 0 Å². The van der Waals surface area contributed by atoms with E-state index in [1.165, 1.54) is 0 Å². The average Bonchev–Trinajstić information content (AvgIpc) is 2.90. The Bertz CT molecular complexity index is 1140. The van der Waals surface area contributed by atoms with Gasteiger partial charge in [0.05, 0.1) is 0 Å². The van der Waals surface area contributed by atoms with Crippen molar-refractivity contribution >= 4 is 17.9 Å². The highest BCUT2D eigenvalue weighted by Crippen LogP contribution is 2.28. The maximum atomic E-state index is 14.4. The molecule has 8 nitrogen and oxygen atoms in total. The normalized spacial score (nSPS) is 12.8. The number of phenolic OH excluding ortho intramolecular Hbond substituents is 1. The van der Waals surface area contributed by atoms with Crippen molar-refractivity contribution in [3.63, 3.8) is 0 Å². The lowest BCUT2D eigenvalue weighted by Crippen LogP contribution is -2.54. The predicted molar refractivity (Wildman–Crippen MR) is 163 cm³/mol. The van der Waals surface area contributed by atoms with E-state index in [-0.39, 0.29) is 24.0 Å². The molecule has 0 saturated heterocycles. The number of hydrogen-bond acceptors (Lipinski definition) is 5. The number of unbranched alkanes of at least 4 members (excludes halogenated alkanes) is 3. The number of benzene rings is 2. The third kappa shape index (κ3) is 10.7. The van der Waals surface area contributed by atoms with E-state index in [2.05, 4.69) is 17.6 Å². The first-order valence-corrected chi connectivity index (χ1v) is 14.8. The van der Waals surface area contributed by atoms with Crippen molar-refractivity contribution < 1.29 is 24.2 Å². The van der Waals surface area contributed by atoms with E-state index in [9.17, 15) is 19.5 Å². The lowest BCUT2D eigenvalue weighted by molar-refractivity contribution is -0.142. The topological polar surface area (TPSA) is 108 Å². The molecule has 0 radical (unpaired) electrons. The second-order valence-corrected chi connectivity index (χ2v) is 11.6. The summed E-state index contributed by atoms with van der Waals surface area (Å²) < 4.78 is 5.50. The minimum absolute atomic E-state index is 0.107. The molecule has 0 aliphatic rings. The highest BCUT2D eigenvalue weighted by Gasteiger charge is 2.36. The second-order valence-electron chi connectivity index (χ2n) is 11.6. The zero-order valence-electron chi connectivity index (χ0n) is 25.9. The number of amides is 3. The van der Waals surface area contributed by atoms with Crippen molar-refractivity contribution in [1.82, 2.24) is 15.5 Å². The minimum Gasteiger partial charge on any atom is -0.508 e. The third-order valence-electron chi connectivity index (χ3n) is 6.98. The van der Waals surface area contributed by atoms with Crippen molar-refractivity contribution in [3.8, 4) is 5.75 Å². The number of nitrogens with zero attached hydrogens (tertiary/aromatic N) is 1. The van der Waals surface area contributed by atoms with Gasteiger partial charge in [0.15, 0.2) is 0 Å². The quantitative estimate of drug-likeness (QED) is 0.238. The first kappa shape index (κ1) is 33.7. The number of carbonyl (C=O) groups is 3. The summed E-state index contributed by atoms with van der Waals surface area (Å²) >= 11 is 0. The summed E-state index contributed by atoms with van der Waals surface area (Å²) in [7, 11) is 0. The van der Waals surface area contributed by atoms with Gasteiger partial charge in [-0.3, -0.25) is 9.59 Å². The molecule has 0 heterocycles. The van der Waals surface area contributed by atoms with E-state index in [4.69, 9.17) is 4.74 Å². The highest BCUT2D eigenvalue weighted by molar-refractivity contribution is 5.92. The average molecular weight is 568 g/mol. The number of nitrogens with one attached hydrogen (secondary N) is 2. The van der Waals surface area contributed by atoms with E-state index in [0.717, 1.165) is 47.9 Å². The van der Waals surface area contributed by atoms with E-state index >= 15 is 0 Å². The van der Waals surface area contributed by atoms with Crippen molar-refractivity contribution in [1.29, 1.82) is 0 Å². The molecule has 8 heteroatoms. The Kier molecular flexibility index (Phi) is 13.2. The second kappa shape index (κ2) is 16.0. The number of aryl methyl sites for hydroxylation is 1. The Morgan fingerprint density at radius 3 is 2.22 bits per heavy atom. The molecule has 0 aliphatic carbocycles. The molecule has 226 valence electrons. The maximum Gasteiger partial charge on any atom is 0.408 e. The molecule has 3 N–H and O–H groups in total. The van der Waals surface area contributed by atoms with Gasteiger partial charge in [0.25, 0.3) is 0 Å². The number of carbonyl (C=O) groups excluding carboxylic acids is 3. The van der Waals surface area contributed by atoms with Crippen LogP contribution in [0, 0.1) is 13.8 Å². The van der Waals surface area contributed by atoms with Gasteiger partial charge in [0.2, 0.25) is 11.8 Å². The zero-order valence-corrected chi connectivity index (χ0v) is 25.9. The monoisotopic (exact) mass is 567 g/mol. The van der Waals surface area contributed by atoms with Crippen LogP contribution >= 0.6 is 0 Å². The molecule has 41 heavy (non-hydrogen) atoms. The van der Waals surface area contributed by atoms with Crippen LogP contribution in [0.5, 0.6) is 5.75 Å². The number of hydrogen-bond donors (Lipinski definition) is 3. The Morgan fingerprint density at radius 2 is 1.61 bits per heavy atom. The van der Waals surface area contributed by atoms with Gasteiger partial charge in [-0.25, -0.2) is 4.79 Å². The number of aromatic hydroxyl groups is 1. The molecule has 0 saturated carbocycles. The summed E-state index contributed by atoms with van der Waals surface area (Å²) in [6, 6.07) is 10.5. The molecular weight excluding hydrogens is 518 g/mol. The first-order chi connectivity index (χ1) is 19.4. The summed E-state index contributed by atoms with van der Waals surface area (Å²) in [5.74, 6) is -0.497. The van der Waals surface area contributed by atoms with Crippen LogP contribution in [0.4, 0.5) is 4.79 Å². The summed E-state index contributed by atoms with van der Waals surface area (Å²) in [6.07, 6.45) is 3.86. The van der Waals surface area contributed by atoms with E-state index < -0.39 is 23.8 Å². The largest absolute Gasteiger partial charge is 0.508 e. The van der Waals surface area contributed by atoms with Crippen LogP contribution in [0.15, 0.2) is 42.5 Å². The van der Waals surface area contributed by atoms with Gasteiger partial charge in [-0.15, -0.1) is 0 Å². The van der Waals surface area contributed by atoms with Gasteiger partial charge in [0.1, 0.15) is 23.4 Å². The molecule has 2 atom stereocenters. The van der Waals surface area contributed by atoms with E-state index in [1.54, 1.807) is 49.9 Å². The fraction of sp³-hybridized carbons (Fsp3) is 0.545. The lowest BCUT2D eigenvalue weighted by Gasteiger charge is -2.35. The highest BCUT2D eigenvalue weighted by atomic mass is 16.6. The van der Waals surface area contributed by atoms with Crippen molar-refractivity contribution in [2.75, 3.05) is 13.1 Å². The molecule has 0 spiro atoms. The summed E-state index contributed by atoms with van der Waals surface area (Å²) in [4.78, 5) is 42.8. The molecule has 3 amide bonds. The maximum absolute atomic E-state index is 14.4. The SMILES string of the molecule is CCCCCNC(=O)C(c1cccc(C)c1C)N(CCCC)C(=O)C(Cc1ccc(O)cc1)NC(=O)OC(C)(C)C. The predicted octanol–water partition coefficient (Wildman–Crippen LogP) is 6.12. The van der Waals surface area contributed by atoms with Gasteiger partial charge >= 0.3 is 6.09 Å². The first-order valence-electron chi connectivity index (χ1n) is 14.8. The number of alkyl carbamates (subject to hydrolysis) is 1. The Labute approximate surface area is 245 Å². The number of rotatable bonds is 14. The van der Waals surface area contributed by atoms with Crippen molar-refractivity contribution in [3.05, 3.63) is 64.7 Å². The molecule has 0 bridgehead atoms. The minimum atomic E-state index is -0.994. The Morgan fingerprint density at radius 1 is 0.951 bits per heavy atom. The van der Waals surface area contributed by atoms with Gasteiger partial charge in [-0.2, -0.15) is 0 Å². The Balaban J connectivity index is 2.56. The van der Waals surface area contributed by atoms with Gasteiger partial charge in [-0.1, -0.05) is 63.4 Å². The fourth-order valence-corrected chi connectivity index (χ4v) is 4.62. The van der Waals surface area contributed by atoms with Crippen LogP contribution in [-0.4, -0.2) is 52.6 Å². The zero-order chi connectivity index (χ0) is 30.6. The molecular formula is C33H49N3O5. The van der Waals surface area contributed by atoms with Crippen LogP contribution in [0.1, 0.15) is 95.0 Å². The molecule has 0 aliphatic heterocycles. The summed E-state index contributed by atoms with van der Waals surface area (Å²) in [6.45, 7) is 14.3. The Hall–Kier alpha value is -3.55. The summed E-state index contributed by atoms with van der Waals surface area (Å²) in [5, 5.41) is 15.6. The molecule has 0 aromatic heterocycles. The smallest absolute Gasteiger partial charge is 0.408 e. The summed E-state index contributed by atoms with van der Waals surface area (Å²) in [5.41, 5.74) is 2.74. The van der Waals surface area contributed by atoms with Crippen LogP contribution in [-0.2, 0) is 20.7 Å². The molecule has 2 unspecified atom stereocenters. The molecule has 0 fully saturated rings. The number of ether oxygens (including phenoxy) is 1. The fourth-order valence-electron chi connectivity index (χ4n) is 4.62. The molecule has 2 aromatic carbocycles. The standard InChI is InChI=1S/C33H49N3O5/c1-8-10-12-20-34-30(38)29(27-15-13-14-23(3)24(27)4)36(21-11-9-2)31(39)28(35-32(40)41-33(5,6)7)22-25-16-18-26(37)19-17-25/h13-19,28-29,37H,8-12,20-22H2,1-7H3,(H,34,38)(H,35,40). The third-order valence-corrected chi connectivity index (χ3v) is 6.98. The lowest BCUT2D eigenvalue weighted by atomic mass is 9.94. The number of phenols is 1.